The van der Waals surface area contributed by atoms with Crippen molar-refractivity contribution in [3.05, 3.63) is 52.7 Å². The largest absolute Gasteiger partial charge is 0.215 e. The molecule has 0 fully saturated rings. The van der Waals surface area contributed by atoms with Crippen LogP contribution in [0.3, 0.4) is 0 Å². The third-order valence-corrected chi connectivity index (χ3v) is 7.47. The Morgan fingerprint density at radius 2 is 1.54 bits per heavy atom. The highest BCUT2D eigenvalue weighted by molar-refractivity contribution is 5.70. The van der Waals surface area contributed by atoms with E-state index in [2.05, 4.69) is 83.5 Å². The van der Waals surface area contributed by atoms with E-state index < -0.39 is 0 Å². The van der Waals surface area contributed by atoms with Gasteiger partial charge in [-0.3, -0.25) is 0 Å². The lowest BCUT2D eigenvalue weighted by atomic mass is 9.60. The predicted molar refractivity (Wildman–Crippen MR) is 110 cm³/mol. The zero-order chi connectivity index (χ0) is 18.9. The number of aryl methyl sites for hydroxylation is 1. The molecule has 0 spiro atoms. The van der Waals surface area contributed by atoms with Gasteiger partial charge in [-0.1, -0.05) is 40.7 Å². The molecule has 2 aromatic rings. The smallest absolute Gasteiger partial charge is 0.197 e. The summed E-state index contributed by atoms with van der Waals surface area (Å²) in [5.41, 5.74) is 9.75. The molecule has 0 bridgehead atoms. The number of aromatic nitrogens is 1. The van der Waals surface area contributed by atoms with Crippen LogP contribution >= 0.6 is 0 Å². The predicted octanol–water partition coefficient (Wildman–Crippen LogP) is 5.98. The van der Waals surface area contributed by atoms with Gasteiger partial charge in [-0.25, -0.2) is 0 Å². The average Bonchev–Trinajstić information content (AvgIpc) is 2.58. The van der Waals surface area contributed by atoms with Gasteiger partial charge in [-0.05, 0) is 72.8 Å². The van der Waals surface area contributed by atoms with Crippen molar-refractivity contribution in [2.75, 3.05) is 0 Å². The lowest BCUT2D eigenvalue weighted by molar-refractivity contribution is -0.697. The second kappa shape index (κ2) is 5.44. The summed E-state index contributed by atoms with van der Waals surface area (Å²) in [4.78, 5) is 0. The first-order valence-electron chi connectivity index (χ1n) is 10.3. The Balaban J connectivity index is 2.09. The minimum Gasteiger partial charge on any atom is -0.197 e. The molecule has 1 atom stereocenters. The number of hydrogen-bond acceptors (Lipinski definition) is 0. The second-order valence-corrected chi connectivity index (χ2v) is 10.3. The Morgan fingerprint density at radius 3 is 2.15 bits per heavy atom. The van der Waals surface area contributed by atoms with Crippen molar-refractivity contribution in [1.82, 2.24) is 0 Å². The number of hydrogen-bond donors (Lipinski definition) is 0. The van der Waals surface area contributed by atoms with Crippen LogP contribution in [0.1, 0.15) is 83.1 Å². The van der Waals surface area contributed by atoms with Gasteiger partial charge in [-0.15, -0.1) is 0 Å². The maximum absolute atomic E-state index is 2.60. The van der Waals surface area contributed by atoms with Crippen molar-refractivity contribution < 1.29 is 4.57 Å². The Hall–Kier alpha value is -1.63. The quantitative estimate of drug-likeness (QED) is 0.558. The highest BCUT2D eigenvalue weighted by Crippen LogP contribution is 2.50. The van der Waals surface area contributed by atoms with Crippen LogP contribution in [0.4, 0.5) is 0 Å². The summed E-state index contributed by atoms with van der Waals surface area (Å²) < 4.78 is 2.49. The van der Waals surface area contributed by atoms with Crippen molar-refractivity contribution in [2.24, 2.45) is 0 Å². The number of rotatable bonds is 1. The van der Waals surface area contributed by atoms with Crippen LogP contribution in [0.25, 0.3) is 11.3 Å². The van der Waals surface area contributed by atoms with Crippen molar-refractivity contribution in [2.45, 2.75) is 90.5 Å². The van der Waals surface area contributed by atoms with Crippen molar-refractivity contribution in [3.63, 3.8) is 0 Å². The molecule has 2 heterocycles. The van der Waals surface area contributed by atoms with E-state index in [1.165, 1.54) is 36.1 Å². The van der Waals surface area contributed by atoms with Crippen LogP contribution < -0.4 is 4.57 Å². The third kappa shape index (κ3) is 2.39. The van der Waals surface area contributed by atoms with Crippen molar-refractivity contribution in [1.29, 1.82) is 0 Å². The van der Waals surface area contributed by atoms with Gasteiger partial charge in [0, 0.05) is 11.6 Å². The molecular formula is C25H34N+. The minimum atomic E-state index is 0.202. The SMILES string of the molecule is CCC1(C)C[n+]2cccc(C)c2-c2cc3c(cc21)C(C)(C)CCC3(C)C. The monoisotopic (exact) mass is 348 g/mol. The lowest BCUT2D eigenvalue weighted by Crippen LogP contribution is -2.50. The fourth-order valence-electron chi connectivity index (χ4n) is 5.24. The zero-order valence-corrected chi connectivity index (χ0v) is 17.7. The minimum absolute atomic E-state index is 0.202. The molecule has 0 radical (unpaired) electrons. The molecule has 1 unspecified atom stereocenters. The highest BCUT2D eigenvalue weighted by Gasteiger charge is 2.44. The maximum atomic E-state index is 2.60. The molecule has 1 nitrogen and oxygen atoms in total. The van der Waals surface area contributed by atoms with Gasteiger partial charge >= 0.3 is 0 Å². The molecule has 1 aromatic heterocycles. The maximum Gasteiger partial charge on any atom is 0.215 e. The normalized spacial score (nSPS) is 25.2. The fraction of sp³-hybridized carbons (Fsp3) is 0.560. The molecule has 1 aromatic carbocycles. The molecule has 1 aliphatic carbocycles. The van der Waals surface area contributed by atoms with Crippen LogP contribution in [0.5, 0.6) is 0 Å². The first-order valence-corrected chi connectivity index (χ1v) is 10.3. The number of nitrogens with zero attached hydrogens (tertiary/aromatic N) is 1. The molecule has 4 rings (SSSR count). The number of pyridine rings is 1. The molecular weight excluding hydrogens is 314 g/mol. The van der Waals surface area contributed by atoms with Crippen molar-refractivity contribution >= 4 is 0 Å². The molecule has 0 amide bonds. The highest BCUT2D eigenvalue weighted by atomic mass is 15.0. The van der Waals surface area contributed by atoms with Crippen LogP contribution in [-0.2, 0) is 22.8 Å². The summed E-state index contributed by atoms with van der Waals surface area (Å²) in [5.74, 6) is 0. The van der Waals surface area contributed by atoms with E-state index in [-0.39, 0.29) is 16.2 Å². The zero-order valence-electron chi connectivity index (χ0n) is 17.7. The number of fused-ring (bicyclic) bond motifs is 4. The molecule has 26 heavy (non-hydrogen) atoms. The molecule has 0 saturated heterocycles. The van der Waals surface area contributed by atoms with Gasteiger partial charge in [0.1, 0.15) is 0 Å². The summed E-state index contributed by atoms with van der Waals surface area (Å²) in [6, 6.07) is 9.63. The molecule has 138 valence electrons. The first-order chi connectivity index (χ1) is 12.1. The second-order valence-electron chi connectivity index (χ2n) is 10.3. The summed E-state index contributed by atoms with van der Waals surface area (Å²) in [6.45, 7) is 17.9. The van der Waals surface area contributed by atoms with Crippen LogP contribution in [0, 0.1) is 6.92 Å². The topological polar surface area (TPSA) is 3.88 Å². The summed E-state index contributed by atoms with van der Waals surface area (Å²) in [7, 11) is 0. The molecule has 1 heteroatoms. The lowest BCUT2D eigenvalue weighted by Gasteiger charge is -2.44. The molecule has 2 aliphatic rings. The Labute approximate surface area is 159 Å². The van der Waals surface area contributed by atoms with Gasteiger partial charge in [0.25, 0.3) is 0 Å². The number of benzene rings is 1. The van der Waals surface area contributed by atoms with Crippen LogP contribution in [0.15, 0.2) is 30.5 Å². The summed E-state index contributed by atoms with van der Waals surface area (Å²) >= 11 is 0. The fourth-order valence-corrected chi connectivity index (χ4v) is 5.24. The summed E-state index contributed by atoms with van der Waals surface area (Å²) in [6.07, 6.45) is 5.99. The Kier molecular flexibility index (Phi) is 3.72. The molecule has 1 aliphatic heterocycles. The third-order valence-electron chi connectivity index (χ3n) is 7.47. The van der Waals surface area contributed by atoms with E-state index in [1.807, 2.05) is 0 Å². The molecule has 0 N–H and O–H groups in total. The van der Waals surface area contributed by atoms with E-state index in [0.717, 1.165) is 6.54 Å². The van der Waals surface area contributed by atoms with Gasteiger partial charge < -0.3 is 0 Å². The van der Waals surface area contributed by atoms with Crippen molar-refractivity contribution in [3.8, 4) is 11.3 Å². The van der Waals surface area contributed by atoms with Gasteiger partial charge in [0.05, 0.1) is 11.0 Å². The van der Waals surface area contributed by atoms with Gasteiger partial charge in [0.15, 0.2) is 12.7 Å². The van der Waals surface area contributed by atoms with Gasteiger partial charge in [0.2, 0.25) is 5.69 Å². The van der Waals surface area contributed by atoms with E-state index in [4.69, 9.17) is 0 Å². The van der Waals surface area contributed by atoms with Crippen LogP contribution in [-0.4, -0.2) is 0 Å². The summed E-state index contributed by atoms with van der Waals surface area (Å²) in [5, 5.41) is 0. The van der Waals surface area contributed by atoms with E-state index in [0.29, 0.717) is 0 Å². The van der Waals surface area contributed by atoms with E-state index >= 15 is 0 Å². The van der Waals surface area contributed by atoms with E-state index in [9.17, 15) is 0 Å². The average molecular weight is 349 g/mol. The molecule has 0 saturated carbocycles. The first kappa shape index (κ1) is 17.8. The Bertz CT molecular complexity index is 887. The van der Waals surface area contributed by atoms with Gasteiger partial charge in [-0.2, -0.15) is 4.57 Å². The Morgan fingerprint density at radius 1 is 0.923 bits per heavy atom. The van der Waals surface area contributed by atoms with E-state index in [1.54, 1.807) is 16.7 Å². The van der Waals surface area contributed by atoms with Crippen LogP contribution in [0.2, 0.25) is 0 Å². The standard InChI is InChI=1S/C25H34N/c1-8-25(7)16-26-13-9-10-17(2)22(26)18-14-20-21(15-19(18)25)24(5,6)12-11-23(20,3)4/h9-10,13-15H,8,11-12,16H2,1-7H3/q+1.